The zero-order valence-electron chi connectivity index (χ0n) is 19.0. The number of amides is 2. The van der Waals surface area contributed by atoms with Gasteiger partial charge in [-0.2, -0.15) is 0 Å². The van der Waals surface area contributed by atoms with E-state index >= 15 is 0 Å². The quantitative estimate of drug-likeness (QED) is 0.358. The highest BCUT2D eigenvalue weighted by Crippen LogP contribution is 2.39. The van der Waals surface area contributed by atoms with E-state index in [0.29, 0.717) is 12.2 Å². The lowest BCUT2D eigenvalue weighted by Gasteiger charge is -2.28. The minimum atomic E-state index is -0.789. The fraction of sp³-hybridized carbons (Fsp3) is 0.565. The molecule has 30 heavy (non-hydrogen) atoms. The van der Waals surface area contributed by atoms with Crippen molar-refractivity contribution in [3.8, 4) is 5.75 Å². The lowest BCUT2D eigenvalue weighted by molar-refractivity contribution is -0.144. The molecule has 1 aromatic rings. The molecule has 0 fully saturated rings. The zero-order valence-corrected chi connectivity index (χ0v) is 19.0. The van der Waals surface area contributed by atoms with Crippen LogP contribution < -0.4 is 10.6 Å². The van der Waals surface area contributed by atoms with E-state index in [0.717, 1.165) is 16.7 Å². The van der Waals surface area contributed by atoms with Crippen molar-refractivity contribution in [3.05, 3.63) is 35.7 Å². The van der Waals surface area contributed by atoms with Crippen LogP contribution >= 0.6 is 0 Å². The molecule has 1 aromatic carbocycles. The van der Waals surface area contributed by atoms with Crippen LogP contribution in [0.1, 0.15) is 64.7 Å². The molecular weight excluding hydrogens is 384 g/mol. The fourth-order valence-corrected chi connectivity index (χ4v) is 2.90. The van der Waals surface area contributed by atoms with E-state index in [9.17, 15) is 19.5 Å². The van der Waals surface area contributed by atoms with Crippen LogP contribution in [-0.4, -0.2) is 42.6 Å². The van der Waals surface area contributed by atoms with Gasteiger partial charge in [0.1, 0.15) is 12.4 Å². The topological polar surface area (TPSA) is 105 Å². The SMILES string of the molecule is [CH2]CNC(=O)C(=O)NCCOC(=O)CCc1cc(C(C)(C)C)c(O)c(C(C)(C)C)c1. The van der Waals surface area contributed by atoms with Gasteiger partial charge in [-0.1, -0.05) is 53.7 Å². The Kier molecular flexibility index (Phi) is 8.88. The van der Waals surface area contributed by atoms with Gasteiger partial charge in [0.15, 0.2) is 0 Å². The smallest absolute Gasteiger partial charge is 0.309 e. The summed E-state index contributed by atoms with van der Waals surface area (Å²) in [5, 5.41) is 15.4. The average Bonchev–Trinajstić information content (AvgIpc) is 2.62. The normalized spacial score (nSPS) is 11.7. The minimum Gasteiger partial charge on any atom is -0.507 e. The van der Waals surface area contributed by atoms with Gasteiger partial charge in [-0.3, -0.25) is 14.4 Å². The molecular formula is C23H35N2O5. The second-order valence-corrected chi connectivity index (χ2v) is 9.27. The van der Waals surface area contributed by atoms with Crippen LogP contribution in [0.25, 0.3) is 0 Å². The van der Waals surface area contributed by atoms with Crippen LogP contribution in [0.5, 0.6) is 5.75 Å². The summed E-state index contributed by atoms with van der Waals surface area (Å²) < 4.78 is 5.13. The Hall–Kier alpha value is -2.57. The van der Waals surface area contributed by atoms with E-state index in [-0.39, 0.29) is 36.9 Å². The number of hydrogen-bond acceptors (Lipinski definition) is 5. The summed E-state index contributed by atoms with van der Waals surface area (Å²) in [5.74, 6) is -1.65. The highest BCUT2D eigenvalue weighted by molar-refractivity contribution is 6.35. The second kappa shape index (κ2) is 10.5. The van der Waals surface area contributed by atoms with Gasteiger partial charge in [-0.05, 0) is 40.9 Å². The first-order chi connectivity index (χ1) is 13.8. The maximum Gasteiger partial charge on any atom is 0.309 e. The van der Waals surface area contributed by atoms with Gasteiger partial charge in [0.2, 0.25) is 0 Å². The number of rotatable bonds is 7. The van der Waals surface area contributed by atoms with Crippen molar-refractivity contribution in [2.45, 2.75) is 65.2 Å². The zero-order chi connectivity index (χ0) is 23.1. The maximum absolute atomic E-state index is 12.1. The Morgan fingerprint density at radius 1 is 0.967 bits per heavy atom. The van der Waals surface area contributed by atoms with E-state index in [1.54, 1.807) is 0 Å². The number of benzene rings is 1. The first-order valence-corrected chi connectivity index (χ1v) is 10.1. The number of carbonyl (C=O) groups is 3. The number of aryl methyl sites for hydroxylation is 1. The maximum atomic E-state index is 12.1. The molecule has 0 aliphatic rings. The summed E-state index contributed by atoms with van der Waals surface area (Å²) in [4.78, 5) is 34.7. The molecule has 0 atom stereocenters. The van der Waals surface area contributed by atoms with E-state index in [2.05, 4.69) is 17.6 Å². The van der Waals surface area contributed by atoms with Gasteiger partial charge < -0.3 is 20.5 Å². The van der Waals surface area contributed by atoms with Gasteiger partial charge >= 0.3 is 17.8 Å². The van der Waals surface area contributed by atoms with E-state index in [1.807, 2.05) is 53.7 Å². The molecule has 0 saturated heterocycles. The number of esters is 1. The predicted molar refractivity (Wildman–Crippen MR) is 116 cm³/mol. The minimum absolute atomic E-state index is 0.0156. The summed E-state index contributed by atoms with van der Waals surface area (Å²) >= 11 is 0. The molecule has 0 aliphatic heterocycles. The molecule has 167 valence electrons. The van der Waals surface area contributed by atoms with Crippen LogP contribution in [-0.2, 0) is 36.4 Å². The Morgan fingerprint density at radius 2 is 1.47 bits per heavy atom. The second-order valence-electron chi connectivity index (χ2n) is 9.27. The van der Waals surface area contributed by atoms with Crippen molar-refractivity contribution in [3.63, 3.8) is 0 Å². The molecule has 7 nitrogen and oxygen atoms in total. The lowest BCUT2D eigenvalue weighted by atomic mass is 9.78. The van der Waals surface area contributed by atoms with E-state index in [1.165, 1.54) is 0 Å². The largest absolute Gasteiger partial charge is 0.507 e. The molecule has 3 N–H and O–H groups in total. The lowest BCUT2D eigenvalue weighted by Crippen LogP contribution is -2.41. The molecule has 0 heterocycles. The molecule has 7 heteroatoms. The molecule has 1 rings (SSSR count). The number of phenolic OH excluding ortho intramolecular Hbond substituents is 1. The predicted octanol–water partition coefficient (Wildman–Crippen LogP) is 2.53. The number of phenols is 1. The molecule has 0 saturated carbocycles. The van der Waals surface area contributed by atoms with Gasteiger partial charge in [0.25, 0.3) is 0 Å². The summed E-state index contributed by atoms with van der Waals surface area (Å²) in [6.45, 7) is 15.8. The Bertz CT molecular complexity index is 738. The van der Waals surface area contributed by atoms with E-state index < -0.39 is 17.8 Å². The number of aromatic hydroxyl groups is 1. The first-order valence-electron chi connectivity index (χ1n) is 10.1. The number of hydrogen-bond donors (Lipinski definition) is 3. The third kappa shape index (κ3) is 7.69. The Labute approximate surface area is 179 Å². The summed E-state index contributed by atoms with van der Waals surface area (Å²) in [6, 6.07) is 3.89. The summed E-state index contributed by atoms with van der Waals surface area (Å²) in [7, 11) is 0. The fourth-order valence-electron chi connectivity index (χ4n) is 2.90. The third-order valence-corrected chi connectivity index (χ3v) is 4.55. The van der Waals surface area contributed by atoms with Gasteiger partial charge in [-0.25, -0.2) is 0 Å². The monoisotopic (exact) mass is 419 g/mol. The average molecular weight is 420 g/mol. The summed E-state index contributed by atoms with van der Waals surface area (Å²) in [6.07, 6.45) is 0.650. The van der Waals surface area contributed by atoms with Crippen molar-refractivity contribution >= 4 is 17.8 Å². The molecule has 0 bridgehead atoms. The molecule has 0 aliphatic carbocycles. The number of carbonyl (C=O) groups excluding carboxylic acids is 3. The van der Waals surface area contributed by atoms with Crippen molar-refractivity contribution < 1.29 is 24.2 Å². The Balaban J connectivity index is 2.68. The van der Waals surface area contributed by atoms with Gasteiger partial charge in [0.05, 0.1) is 6.54 Å². The van der Waals surface area contributed by atoms with Crippen molar-refractivity contribution in [1.29, 1.82) is 0 Å². The molecule has 0 unspecified atom stereocenters. The van der Waals surface area contributed by atoms with Gasteiger partial charge in [0, 0.05) is 13.0 Å². The molecule has 2 amide bonds. The van der Waals surface area contributed by atoms with Crippen molar-refractivity contribution in [2.75, 3.05) is 19.7 Å². The standard InChI is InChI=1S/C23H35N2O5/c1-8-24-20(28)21(29)25-11-12-30-18(26)10-9-15-13-16(22(2,3)4)19(27)17(14-15)23(5,6)7/h13-14,27H,1,8-12H2,2-7H3,(H,24,28)(H,25,29). The van der Waals surface area contributed by atoms with Crippen molar-refractivity contribution in [2.24, 2.45) is 0 Å². The van der Waals surface area contributed by atoms with E-state index in [4.69, 9.17) is 4.74 Å². The third-order valence-electron chi connectivity index (χ3n) is 4.55. The van der Waals surface area contributed by atoms with Crippen LogP contribution in [0.4, 0.5) is 0 Å². The van der Waals surface area contributed by atoms with Gasteiger partial charge in [-0.15, -0.1) is 0 Å². The van der Waals surface area contributed by atoms with Crippen molar-refractivity contribution in [1.82, 2.24) is 10.6 Å². The van der Waals surface area contributed by atoms with Crippen LogP contribution in [0, 0.1) is 6.92 Å². The summed E-state index contributed by atoms with van der Waals surface area (Å²) in [5.41, 5.74) is 2.18. The first kappa shape index (κ1) is 25.5. The highest BCUT2D eigenvalue weighted by Gasteiger charge is 2.26. The number of ether oxygens (including phenoxy) is 1. The molecule has 1 radical (unpaired) electrons. The van der Waals surface area contributed by atoms with Crippen LogP contribution in [0.2, 0.25) is 0 Å². The number of nitrogens with one attached hydrogen (secondary N) is 2. The van der Waals surface area contributed by atoms with Crippen LogP contribution in [0.3, 0.4) is 0 Å². The Morgan fingerprint density at radius 3 is 1.93 bits per heavy atom. The van der Waals surface area contributed by atoms with Crippen LogP contribution in [0.15, 0.2) is 12.1 Å². The molecule has 0 spiro atoms. The highest BCUT2D eigenvalue weighted by atomic mass is 16.5. The molecule has 0 aromatic heterocycles.